The van der Waals surface area contributed by atoms with Crippen molar-refractivity contribution in [3.63, 3.8) is 0 Å². The monoisotopic (exact) mass is 249 g/mol. The summed E-state index contributed by atoms with van der Waals surface area (Å²) in [6, 6.07) is 7.05. The van der Waals surface area contributed by atoms with E-state index in [0.29, 0.717) is 23.9 Å². The van der Waals surface area contributed by atoms with Gasteiger partial charge in [-0.05, 0) is 23.8 Å². The summed E-state index contributed by atoms with van der Waals surface area (Å²) in [5, 5.41) is 7.48. The number of hydrogen-bond acceptors (Lipinski definition) is 6. The fourth-order valence-corrected chi connectivity index (χ4v) is 1.33. The quantitative estimate of drug-likeness (QED) is 0.340. The van der Waals surface area contributed by atoms with Crippen LogP contribution < -0.4 is 4.84 Å². The molecule has 94 valence electrons. The van der Waals surface area contributed by atoms with E-state index >= 15 is 0 Å². The van der Waals surface area contributed by atoms with Gasteiger partial charge in [0.2, 0.25) is 0 Å². The zero-order valence-corrected chi connectivity index (χ0v) is 9.48. The summed E-state index contributed by atoms with van der Waals surface area (Å²) in [7, 11) is 0. The predicted octanol–water partition coefficient (Wildman–Crippen LogP) is 0.976. The van der Waals surface area contributed by atoms with Gasteiger partial charge in [-0.2, -0.15) is 0 Å². The third kappa shape index (κ3) is 2.82. The summed E-state index contributed by atoms with van der Waals surface area (Å²) in [5.74, 6) is 0. The van der Waals surface area contributed by atoms with Crippen molar-refractivity contribution in [3.05, 3.63) is 24.3 Å². The van der Waals surface area contributed by atoms with Crippen LogP contribution in [0.2, 0.25) is 0 Å². The highest BCUT2D eigenvalue weighted by Gasteiger charge is 2.10. The molecule has 0 atom stereocenters. The summed E-state index contributed by atoms with van der Waals surface area (Å²) in [6.45, 7) is 0.129. The minimum absolute atomic E-state index is 0.129. The molecule has 2 aromatic rings. The number of fused-ring (bicyclic) bond motifs is 1. The molecule has 0 unspecified atom stereocenters. The molecule has 7 heteroatoms. The normalized spacial score (nSPS) is 10.2. The van der Waals surface area contributed by atoms with Gasteiger partial charge < -0.3 is 9.53 Å². The maximum absolute atomic E-state index is 11.3. The van der Waals surface area contributed by atoms with E-state index in [1.165, 1.54) is 0 Å². The second-order valence-electron chi connectivity index (χ2n) is 3.45. The van der Waals surface area contributed by atoms with Crippen LogP contribution in [0.4, 0.5) is 4.79 Å². The van der Waals surface area contributed by atoms with Crippen molar-refractivity contribution in [1.29, 1.82) is 0 Å². The number of benzene rings is 1. The van der Waals surface area contributed by atoms with E-state index in [1.54, 1.807) is 24.3 Å². The van der Waals surface area contributed by atoms with Crippen LogP contribution in [0.1, 0.15) is 12.8 Å². The molecule has 0 amide bonds. The molecule has 1 aromatic carbocycles. The van der Waals surface area contributed by atoms with Gasteiger partial charge in [-0.25, -0.2) is 4.79 Å². The molecular weight excluding hydrogens is 238 g/mol. The summed E-state index contributed by atoms with van der Waals surface area (Å²) >= 11 is 0. The smallest absolute Gasteiger partial charge is 0.433 e. The number of carbonyl (C=O) groups excluding carboxylic acids is 2. The molecule has 0 saturated carbocycles. The lowest BCUT2D eigenvalue weighted by Gasteiger charge is -2.03. The van der Waals surface area contributed by atoms with E-state index in [4.69, 9.17) is 9.57 Å². The van der Waals surface area contributed by atoms with Crippen LogP contribution in [0.3, 0.4) is 0 Å². The summed E-state index contributed by atoms with van der Waals surface area (Å²) < 4.78 is 4.76. The highest BCUT2D eigenvalue weighted by atomic mass is 16.8. The van der Waals surface area contributed by atoms with Crippen molar-refractivity contribution in [1.82, 2.24) is 15.2 Å². The molecule has 7 nitrogen and oxygen atoms in total. The number of aldehydes is 1. The Morgan fingerprint density at radius 1 is 1.39 bits per heavy atom. The van der Waals surface area contributed by atoms with E-state index < -0.39 is 6.16 Å². The number of rotatable bonds is 5. The summed E-state index contributed by atoms with van der Waals surface area (Å²) in [5.41, 5.74) is 1.19. The molecule has 0 fully saturated rings. The van der Waals surface area contributed by atoms with Gasteiger partial charge in [-0.1, -0.05) is 17.0 Å². The summed E-state index contributed by atoms with van der Waals surface area (Å²) in [4.78, 5) is 27.2. The van der Waals surface area contributed by atoms with Gasteiger partial charge >= 0.3 is 6.16 Å². The van der Waals surface area contributed by atoms with E-state index in [-0.39, 0.29) is 6.61 Å². The molecule has 0 aliphatic heterocycles. The molecule has 2 rings (SSSR count). The average Bonchev–Trinajstić information content (AvgIpc) is 2.78. The zero-order valence-electron chi connectivity index (χ0n) is 9.48. The first kappa shape index (κ1) is 12.0. The number of ether oxygens (including phenoxy) is 1. The van der Waals surface area contributed by atoms with Gasteiger partial charge in [0, 0.05) is 6.42 Å². The Kier molecular flexibility index (Phi) is 3.85. The Balaban J connectivity index is 1.92. The van der Waals surface area contributed by atoms with Gasteiger partial charge in [-0.15, -0.1) is 5.10 Å². The Bertz CT molecular complexity index is 552. The van der Waals surface area contributed by atoms with Crippen molar-refractivity contribution < 1.29 is 19.2 Å². The lowest BCUT2D eigenvalue weighted by molar-refractivity contribution is -0.108. The number of unbranched alkanes of at least 4 members (excludes halogenated alkanes) is 1. The van der Waals surface area contributed by atoms with E-state index in [0.717, 1.165) is 11.1 Å². The van der Waals surface area contributed by atoms with Crippen LogP contribution in [-0.4, -0.2) is 34.2 Å². The first-order valence-electron chi connectivity index (χ1n) is 5.40. The number of carbonyl (C=O) groups is 2. The highest BCUT2D eigenvalue weighted by molar-refractivity contribution is 5.74. The van der Waals surface area contributed by atoms with Crippen molar-refractivity contribution in [3.8, 4) is 0 Å². The van der Waals surface area contributed by atoms with Crippen LogP contribution in [0, 0.1) is 0 Å². The number of nitrogens with zero attached hydrogens (tertiary/aromatic N) is 3. The van der Waals surface area contributed by atoms with Crippen molar-refractivity contribution in [2.45, 2.75) is 12.8 Å². The highest BCUT2D eigenvalue weighted by Crippen LogP contribution is 2.08. The standard InChI is InChI=1S/C11H11N3O4/c15-7-3-4-8-17-11(16)18-14-10-6-2-1-5-9(10)12-13-14/h1-2,5-7H,3-4,8H2. The molecule has 18 heavy (non-hydrogen) atoms. The largest absolute Gasteiger partial charge is 0.535 e. The zero-order chi connectivity index (χ0) is 12.8. The molecule has 1 heterocycles. The number of para-hydroxylation sites is 1. The molecule has 0 saturated heterocycles. The first-order valence-corrected chi connectivity index (χ1v) is 5.40. The first-order chi connectivity index (χ1) is 8.81. The third-order valence-corrected chi connectivity index (χ3v) is 2.17. The lowest BCUT2D eigenvalue weighted by Crippen LogP contribution is -2.22. The molecule has 0 spiro atoms. The molecule has 1 aromatic heterocycles. The van der Waals surface area contributed by atoms with Crippen LogP contribution in [-0.2, 0) is 9.53 Å². The fourth-order valence-electron chi connectivity index (χ4n) is 1.33. The van der Waals surface area contributed by atoms with Gasteiger partial charge in [-0.3, -0.25) is 4.84 Å². The second kappa shape index (κ2) is 5.76. The summed E-state index contributed by atoms with van der Waals surface area (Å²) in [6.07, 6.45) is 0.701. The topological polar surface area (TPSA) is 83.3 Å². The third-order valence-electron chi connectivity index (χ3n) is 2.17. The van der Waals surface area contributed by atoms with Crippen molar-refractivity contribution in [2.24, 2.45) is 0 Å². The van der Waals surface area contributed by atoms with Gasteiger partial charge in [0.1, 0.15) is 17.3 Å². The van der Waals surface area contributed by atoms with E-state index in [2.05, 4.69) is 10.3 Å². The second-order valence-corrected chi connectivity index (χ2v) is 3.45. The average molecular weight is 249 g/mol. The minimum Gasteiger partial charge on any atom is -0.433 e. The van der Waals surface area contributed by atoms with Crippen LogP contribution >= 0.6 is 0 Å². The maximum atomic E-state index is 11.3. The lowest BCUT2D eigenvalue weighted by atomic mass is 10.3. The fraction of sp³-hybridized carbons (Fsp3) is 0.273. The Morgan fingerprint density at radius 3 is 3.06 bits per heavy atom. The van der Waals surface area contributed by atoms with Crippen LogP contribution in [0.5, 0.6) is 0 Å². The molecule has 0 bridgehead atoms. The molecule has 0 aliphatic carbocycles. The van der Waals surface area contributed by atoms with Crippen LogP contribution in [0.15, 0.2) is 24.3 Å². The van der Waals surface area contributed by atoms with E-state index in [1.807, 2.05) is 0 Å². The van der Waals surface area contributed by atoms with Gasteiger partial charge in [0.15, 0.2) is 0 Å². The van der Waals surface area contributed by atoms with Gasteiger partial charge in [0.05, 0.1) is 6.61 Å². The van der Waals surface area contributed by atoms with Crippen molar-refractivity contribution >= 4 is 23.5 Å². The molecule has 0 N–H and O–H groups in total. The Labute approximate surface area is 102 Å². The minimum atomic E-state index is -0.878. The van der Waals surface area contributed by atoms with E-state index in [9.17, 15) is 9.59 Å². The number of hydrogen-bond donors (Lipinski definition) is 0. The molecule has 0 aliphatic rings. The molecular formula is C11H11N3O4. The predicted molar refractivity (Wildman–Crippen MR) is 60.8 cm³/mol. The SMILES string of the molecule is O=CCCCOC(=O)On1nnc2ccccc21. The van der Waals surface area contributed by atoms with Crippen molar-refractivity contribution in [2.75, 3.05) is 6.61 Å². The van der Waals surface area contributed by atoms with Crippen LogP contribution in [0.25, 0.3) is 11.0 Å². The Hall–Kier alpha value is -2.44. The Morgan fingerprint density at radius 2 is 2.22 bits per heavy atom. The van der Waals surface area contributed by atoms with Gasteiger partial charge in [0.25, 0.3) is 0 Å². The number of aromatic nitrogens is 3. The molecule has 0 radical (unpaired) electrons. The maximum Gasteiger partial charge on any atom is 0.535 e.